The monoisotopic (exact) mass is 512 g/mol. The van der Waals surface area contributed by atoms with E-state index in [-0.39, 0.29) is 23.1 Å². The second-order valence-corrected chi connectivity index (χ2v) is 8.80. The third kappa shape index (κ3) is 8.62. The first-order valence-electron chi connectivity index (χ1n) is 9.79. The largest absolute Gasteiger partial charge is 2.00 e. The van der Waals surface area contributed by atoms with Crippen LogP contribution < -0.4 is 10.6 Å². The summed E-state index contributed by atoms with van der Waals surface area (Å²) in [5, 5.41) is 6.04. The van der Waals surface area contributed by atoms with Crippen molar-refractivity contribution in [1.82, 2.24) is 0 Å². The van der Waals surface area contributed by atoms with Gasteiger partial charge in [-0.25, -0.2) is 0 Å². The molecular weight excluding hydrogens is 493 g/mol. The molecule has 0 atom stereocenters. The molecular formula is C26H20MgN2S4. The second-order valence-electron chi connectivity index (χ2n) is 6.65. The van der Waals surface area contributed by atoms with Crippen LogP contribution in [0.4, 0.5) is 11.4 Å². The Morgan fingerprint density at radius 1 is 0.485 bits per heavy atom. The zero-order valence-corrected chi connectivity index (χ0v) is 22.4. The van der Waals surface area contributed by atoms with E-state index in [1.165, 1.54) is 0 Å². The first-order chi connectivity index (χ1) is 15.5. The number of hydrogen-bond donors (Lipinski definition) is 2. The van der Waals surface area contributed by atoms with Gasteiger partial charge in [0.25, 0.3) is 0 Å². The van der Waals surface area contributed by atoms with Crippen LogP contribution in [0.25, 0.3) is 22.3 Å². The molecule has 0 saturated heterocycles. The fourth-order valence-corrected chi connectivity index (χ4v) is 3.58. The zero-order chi connectivity index (χ0) is 22.8. The van der Waals surface area contributed by atoms with Gasteiger partial charge in [0.2, 0.25) is 0 Å². The van der Waals surface area contributed by atoms with E-state index < -0.39 is 0 Å². The molecule has 0 aromatic heterocycles. The van der Waals surface area contributed by atoms with Gasteiger partial charge in [-0.05, 0) is 23.3 Å². The predicted molar refractivity (Wildman–Crippen MR) is 157 cm³/mol. The number of benzene rings is 4. The molecule has 2 N–H and O–H groups in total. The smallest absolute Gasteiger partial charge is 0.411 e. The summed E-state index contributed by atoms with van der Waals surface area (Å²) in [5.74, 6) is 0. The molecule has 4 aromatic rings. The molecule has 0 aliphatic heterocycles. The number of nitrogens with one attached hydrogen (secondary N) is 2. The van der Waals surface area contributed by atoms with Crippen LogP contribution in [0.2, 0.25) is 0 Å². The van der Waals surface area contributed by atoms with Crippen molar-refractivity contribution in [3.63, 3.8) is 0 Å². The number of hydrogen-bond acceptors (Lipinski definition) is 4. The Labute approximate surface area is 233 Å². The summed E-state index contributed by atoms with van der Waals surface area (Å²) in [6.45, 7) is 0. The van der Waals surface area contributed by atoms with Crippen molar-refractivity contribution < 1.29 is 0 Å². The van der Waals surface area contributed by atoms with Crippen molar-refractivity contribution in [2.24, 2.45) is 0 Å². The summed E-state index contributed by atoms with van der Waals surface area (Å²) in [7, 11) is 0. The third-order valence-electron chi connectivity index (χ3n) is 4.50. The van der Waals surface area contributed by atoms with Gasteiger partial charge in [0.1, 0.15) is 0 Å². The molecule has 4 rings (SSSR count). The summed E-state index contributed by atoms with van der Waals surface area (Å²) in [4.78, 5) is 0. The standard InChI is InChI=1S/2C13H11NS2.Mg/c2*15-13(16)14-12-9-5-4-8-11(12)10-6-2-1-3-7-10;/h2*1-9H,(H2,14,15,16);/q;;+2/p-2. The zero-order valence-electron chi connectivity index (χ0n) is 17.7. The van der Waals surface area contributed by atoms with Crippen LogP contribution in [-0.2, 0) is 25.3 Å². The minimum absolute atomic E-state index is 0. The molecule has 0 saturated carbocycles. The van der Waals surface area contributed by atoms with Gasteiger partial charge < -0.3 is 60.3 Å². The molecule has 4 aromatic carbocycles. The van der Waals surface area contributed by atoms with Gasteiger partial charge in [-0.3, -0.25) is 0 Å². The minimum Gasteiger partial charge on any atom is -0.411 e. The Morgan fingerprint density at radius 2 is 0.788 bits per heavy atom. The molecule has 0 amide bonds. The van der Waals surface area contributed by atoms with Crippen molar-refractivity contribution >= 4 is 92.8 Å². The first kappa shape index (κ1) is 27.1. The molecule has 160 valence electrons. The Bertz CT molecular complexity index is 1090. The molecule has 2 nitrogen and oxygen atoms in total. The van der Waals surface area contributed by atoms with E-state index in [2.05, 4.69) is 34.9 Å². The van der Waals surface area contributed by atoms with E-state index in [0.29, 0.717) is 8.64 Å². The van der Waals surface area contributed by atoms with Crippen molar-refractivity contribution in [1.29, 1.82) is 0 Å². The Morgan fingerprint density at radius 3 is 1.12 bits per heavy atom. The Kier molecular flexibility index (Phi) is 11.7. The topological polar surface area (TPSA) is 24.1 Å². The molecule has 0 fully saturated rings. The van der Waals surface area contributed by atoms with Crippen LogP contribution in [0.5, 0.6) is 0 Å². The minimum atomic E-state index is 0. The summed E-state index contributed by atoms with van der Waals surface area (Å²) in [6.07, 6.45) is 0. The maximum absolute atomic E-state index is 4.89. The van der Waals surface area contributed by atoms with Gasteiger partial charge in [0.15, 0.2) is 0 Å². The Balaban J connectivity index is 0.000000227. The van der Waals surface area contributed by atoms with E-state index in [9.17, 15) is 0 Å². The van der Waals surface area contributed by atoms with Gasteiger partial charge in [-0.15, -0.1) is 0 Å². The van der Waals surface area contributed by atoms with Gasteiger partial charge in [-0.1, -0.05) is 106 Å². The van der Waals surface area contributed by atoms with Crippen molar-refractivity contribution in [2.45, 2.75) is 0 Å². The number of anilines is 2. The van der Waals surface area contributed by atoms with E-state index in [1.807, 2.05) is 84.9 Å². The SMILES string of the molecule is S=C([S-])Nc1ccccc1-c1ccccc1.S=C([S-])Nc1ccccc1-c1ccccc1.[Mg+2]. The third-order valence-corrected chi connectivity index (χ3v) is 4.91. The van der Waals surface area contributed by atoms with Gasteiger partial charge in [0.05, 0.1) is 0 Å². The van der Waals surface area contributed by atoms with Crippen LogP contribution in [-0.4, -0.2) is 31.7 Å². The van der Waals surface area contributed by atoms with Crippen molar-refractivity contribution in [3.05, 3.63) is 109 Å². The van der Waals surface area contributed by atoms with Gasteiger partial charge >= 0.3 is 23.1 Å². The van der Waals surface area contributed by atoms with E-state index in [1.54, 1.807) is 0 Å². The molecule has 0 aliphatic rings. The molecule has 0 aliphatic carbocycles. The average Bonchev–Trinajstić information content (AvgIpc) is 2.81. The normalized spacial score (nSPS) is 9.45. The van der Waals surface area contributed by atoms with Gasteiger partial charge in [0, 0.05) is 22.5 Å². The average molecular weight is 513 g/mol. The summed E-state index contributed by atoms with van der Waals surface area (Å²) < 4.78 is 0.728. The van der Waals surface area contributed by atoms with Crippen LogP contribution >= 0.6 is 24.4 Å². The second kappa shape index (κ2) is 14.2. The quantitative estimate of drug-likeness (QED) is 0.177. The molecule has 33 heavy (non-hydrogen) atoms. The number of thiocarbonyl (C=S) groups is 2. The maximum atomic E-state index is 4.89. The molecule has 7 heteroatoms. The Hall–Kier alpha value is -2.13. The summed E-state index contributed by atoms with van der Waals surface area (Å²) in [5.41, 5.74) is 6.42. The van der Waals surface area contributed by atoms with Crippen LogP contribution in [0.15, 0.2) is 109 Å². The molecule has 0 spiro atoms. The van der Waals surface area contributed by atoms with Crippen molar-refractivity contribution in [3.8, 4) is 22.3 Å². The maximum Gasteiger partial charge on any atom is 2.00 e. The van der Waals surface area contributed by atoms with E-state index >= 15 is 0 Å². The van der Waals surface area contributed by atoms with Gasteiger partial charge in [-0.2, -0.15) is 0 Å². The van der Waals surface area contributed by atoms with Crippen LogP contribution in [0, 0.1) is 0 Å². The fourth-order valence-electron chi connectivity index (χ4n) is 3.14. The first-order valence-corrected chi connectivity index (χ1v) is 11.4. The number of rotatable bonds is 4. The number of para-hydroxylation sites is 2. The molecule has 0 radical (unpaired) electrons. The molecule has 0 unspecified atom stereocenters. The predicted octanol–water partition coefficient (Wildman–Crippen LogP) is 6.81. The summed E-state index contributed by atoms with van der Waals surface area (Å²) >= 11 is 19.6. The molecule has 0 bridgehead atoms. The fraction of sp³-hybridized carbons (Fsp3) is 0. The molecule has 0 heterocycles. The van der Waals surface area contributed by atoms with Crippen LogP contribution in [0.3, 0.4) is 0 Å². The van der Waals surface area contributed by atoms with Crippen LogP contribution in [0.1, 0.15) is 0 Å². The van der Waals surface area contributed by atoms with E-state index in [0.717, 1.165) is 33.6 Å². The van der Waals surface area contributed by atoms with E-state index in [4.69, 9.17) is 49.7 Å². The van der Waals surface area contributed by atoms with Crippen molar-refractivity contribution in [2.75, 3.05) is 10.6 Å². The summed E-state index contributed by atoms with van der Waals surface area (Å²) in [6, 6.07) is 36.3.